The Kier molecular flexibility index (Phi) is 10.0. The summed E-state index contributed by atoms with van der Waals surface area (Å²) in [5, 5.41) is 25.1. The van der Waals surface area contributed by atoms with Crippen molar-refractivity contribution in [1.29, 1.82) is 5.26 Å². The number of aryl methyl sites for hydroxylation is 1. The fourth-order valence-corrected chi connectivity index (χ4v) is 11.6. The van der Waals surface area contributed by atoms with Crippen molar-refractivity contribution in [3.05, 3.63) is 164 Å². The standard InChI is InChI=1S/C56H58N6/c1-34-18-22-48-43(26-34)44-27-35(2)19-23-49(44)61(48)52-32-53(62-50-24-20-36(3)28-45(50)46-29-37(4)21-25-51(46)62)47(31-42(52)33-57)56-59-54(39-14-9-6-10-15-39)58-55(60-56)41-17-11-16-40(30-41)38-12-7-5-8-13-38/h5-9,11-13,16-18,20,22,24,27-31,34,39,53-56,58-60H,10,14-15,19,21,23,25-26,32H2,1-4H3. The van der Waals surface area contributed by atoms with Gasteiger partial charge < -0.3 is 9.13 Å². The Hall–Kier alpha value is -5.71. The number of nitriles is 1. The van der Waals surface area contributed by atoms with E-state index in [4.69, 9.17) is 0 Å². The summed E-state index contributed by atoms with van der Waals surface area (Å²) in [6.07, 6.45) is 25.5. The van der Waals surface area contributed by atoms with Gasteiger partial charge in [0.1, 0.15) is 6.07 Å². The van der Waals surface area contributed by atoms with E-state index in [0.29, 0.717) is 11.8 Å². The van der Waals surface area contributed by atoms with Crippen LogP contribution in [0.3, 0.4) is 0 Å². The van der Waals surface area contributed by atoms with Gasteiger partial charge in [0.05, 0.1) is 30.1 Å². The van der Waals surface area contributed by atoms with Gasteiger partial charge in [-0.05, 0) is 148 Å². The summed E-state index contributed by atoms with van der Waals surface area (Å²) in [5.41, 5.74) is 20.5. The second-order valence-electron chi connectivity index (χ2n) is 19.0. The fourth-order valence-electron chi connectivity index (χ4n) is 11.6. The molecule has 312 valence electrons. The first-order chi connectivity index (χ1) is 30.3. The molecule has 0 radical (unpaired) electrons. The SMILES string of the molecule is CC1=Cc2c3c(n(C4=C(C#N)C=C(C5NC(c6cccc(-c7ccccc7)c6)NC(C6CC=CCC6)N5)C(n5c6c(c7cc(C)ccc75)C=C(C)CC6)C4)c2CC1)C=CC(C)C3. The number of rotatable bonds is 6. The van der Waals surface area contributed by atoms with E-state index < -0.39 is 0 Å². The van der Waals surface area contributed by atoms with Gasteiger partial charge in [0, 0.05) is 45.7 Å². The molecule has 5 aliphatic carbocycles. The molecule has 0 bridgehead atoms. The number of nitrogens with zero attached hydrogens (tertiary/aromatic N) is 3. The van der Waals surface area contributed by atoms with Gasteiger partial charge in [-0.3, -0.25) is 16.0 Å². The van der Waals surface area contributed by atoms with E-state index >= 15 is 0 Å². The molecule has 0 spiro atoms. The van der Waals surface area contributed by atoms with Crippen LogP contribution in [0.25, 0.3) is 46.0 Å². The highest BCUT2D eigenvalue weighted by molar-refractivity contribution is 5.93. The third-order valence-corrected chi connectivity index (χ3v) is 14.7. The fraction of sp³-hybridized carbons (Fsp3) is 0.339. The van der Waals surface area contributed by atoms with Gasteiger partial charge in [-0.25, -0.2) is 0 Å². The number of hydrogen-bond acceptors (Lipinski definition) is 4. The van der Waals surface area contributed by atoms with Crippen LogP contribution in [-0.2, 0) is 19.3 Å². The maximum absolute atomic E-state index is 11.4. The number of aromatic nitrogens is 2. The van der Waals surface area contributed by atoms with Crippen LogP contribution in [0.1, 0.15) is 116 Å². The Bertz CT molecular complexity index is 2850. The average Bonchev–Trinajstić information content (AvgIpc) is 3.79. The lowest BCUT2D eigenvalue weighted by Gasteiger charge is -2.46. The molecule has 3 aromatic carbocycles. The van der Waals surface area contributed by atoms with Crippen molar-refractivity contribution in [1.82, 2.24) is 25.1 Å². The largest absolute Gasteiger partial charge is 0.336 e. The van der Waals surface area contributed by atoms with Crippen molar-refractivity contribution < 1.29 is 0 Å². The highest BCUT2D eigenvalue weighted by atomic mass is 15.4. The molecule has 1 fully saturated rings. The van der Waals surface area contributed by atoms with Crippen LogP contribution in [0.5, 0.6) is 0 Å². The lowest BCUT2D eigenvalue weighted by molar-refractivity contribution is 0.156. The molecule has 1 aliphatic heterocycles. The zero-order valence-electron chi connectivity index (χ0n) is 36.6. The Morgan fingerprint density at radius 3 is 2.34 bits per heavy atom. The van der Waals surface area contributed by atoms with Crippen molar-refractivity contribution in [2.24, 2.45) is 11.8 Å². The van der Waals surface area contributed by atoms with E-state index in [1.54, 1.807) is 0 Å². The molecule has 11 rings (SSSR count). The predicted molar refractivity (Wildman–Crippen MR) is 256 cm³/mol. The van der Waals surface area contributed by atoms with Crippen LogP contribution in [0.15, 0.2) is 119 Å². The average molecular weight is 815 g/mol. The Balaban J connectivity index is 1.11. The number of benzene rings is 3. The van der Waals surface area contributed by atoms with Gasteiger partial charge in [0.25, 0.3) is 0 Å². The molecule has 6 atom stereocenters. The second kappa shape index (κ2) is 15.9. The van der Waals surface area contributed by atoms with E-state index in [-0.39, 0.29) is 24.5 Å². The first-order valence-electron chi connectivity index (χ1n) is 23.2. The molecule has 0 amide bonds. The summed E-state index contributed by atoms with van der Waals surface area (Å²) >= 11 is 0. The molecular weight excluding hydrogens is 757 g/mol. The van der Waals surface area contributed by atoms with E-state index in [9.17, 15) is 5.26 Å². The topological polar surface area (TPSA) is 69.7 Å². The zero-order chi connectivity index (χ0) is 42.1. The molecule has 3 heterocycles. The van der Waals surface area contributed by atoms with Crippen LogP contribution in [0.4, 0.5) is 0 Å². The summed E-state index contributed by atoms with van der Waals surface area (Å²) in [5.74, 6) is 0.922. The minimum atomic E-state index is -0.189. The summed E-state index contributed by atoms with van der Waals surface area (Å²) in [6.45, 7) is 9.11. The number of hydrogen-bond donors (Lipinski definition) is 3. The molecule has 6 unspecified atom stereocenters. The van der Waals surface area contributed by atoms with Gasteiger partial charge in [-0.15, -0.1) is 0 Å². The van der Waals surface area contributed by atoms with Gasteiger partial charge in [-0.2, -0.15) is 5.26 Å². The predicted octanol–water partition coefficient (Wildman–Crippen LogP) is 12.1. The quantitative estimate of drug-likeness (QED) is 0.149. The van der Waals surface area contributed by atoms with Gasteiger partial charge >= 0.3 is 0 Å². The maximum atomic E-state index is 11.4. The van der Waals surface area contributed by atoms with Crippen LogP contribution in [-0.4, -0.2) is 21.5 Å². The van der Waals surface area contributed by atoms with Crippen molar-refractivity contribution in [2.75, 3.05) is 0 Å². The van der Waals surface area contributed by atoms with Gasteiger partial charge in [0.2, 0.25) is 0 Å². The zero-order valence-corrected chi connectivity index (χ0v) is 36.6. The number of allylic oxidation sites excluding steroid dienone is 8. The third kappa shape index (κ3) is 6.83. The first kappa shape index (κ1) is 39.2. The Labute approximate surface area is 367 Å². The van der Waals surface area contributed by atoms with Crippen LogP contribution in [0, 0.1) is 30.1 Å². The highest BCUT2D eigenvalue weighted by Crippen LogP contribution is 2.47. The molecular formula is C56H58N6. The summed E-state index contributed by atoms with van der Waals surface area (Å²) in [4.78, 5) is 0. The molecule has 6 aliphatic rings. The minimum Gasteiger partial charge on any atom is -0.336 e. The first-order valence-corrected chi connectivity index (χ1v) is 23.2. The lowest BCUT2D eigenvalue weighted by Crippen LogP contribution is -2.66. The molecule has 6 heteroatoms. The van der Waals surface area contributed by atoms with Gasteiger partial charge in [0.15, 0.2) is 0 Å². The molecule has 0 saturated carbocycles. The molecule has 2 aromatic heterocycles. The normalized spacial score (nSPS) is 25.7. The Morgan fingerprint density at radius 1 is 0.742 bits per heavy atom. The van der Waals surface area contributed by atoms with Crippen molar-refractivity contribution >= 4 is 34.8 Å². The molecule has 62 heavy (non-hydrogen) atoms. The van der Waals surface area contributed by atoms with Crippen LogP contribution >= 0.6 is 0 Å². The summed E-state index contributed by atoms with van der Waals surface area (Å²) < 4.78 is 5.24. The second-order valence-corrected chi connectivity index (χ2v) is 19.0. The van der Waals surface area contributed by atoms with Crippen molar-refractivity contribution in [3.63, 3.8) is 0 Å². The summed E-state index contributed by atoms with van der Waals surface area (Å²) in [7, 11) is 0. The van der Waals surface area contributed by atoms with Crippen LogP contribution in [0.2, 0.25) is 0 Å². The highest BCUT2D eigenvalue weighted by Gasteiger charge is 2.41. The van der Waals surface area contributed by atoms with Crippen molar-refractivity contribution in [3.8, 4) is 17.2 Å². The molecule has 3 N–H and O–H groups in total. The van der Waals surface area contributed by atoms with E-state index in [2.05, 4.69) is 174 Å². The maximum Gasteiger partial charge on any atom is 0.101 e. The molecule has 6 nitrogen and oxygen atoms in total. The van der Waals surface area contributed by atoms with E-state index in [1.807, 2.05) is 0 Å². The van der Waals surface area contributed by atoms with Crippen LogP contribution < -0.4 is 16.0 Å². The number of fused-ring (bicyclic) bond motifs is 6. The van der Waals surface area contributed by atoms with Crippen molar-refractivity contribution in [2.45, 2.75) is 110 Å². The molecule has 5 aromatic rings. The number of nitrogens with one attached hydrogen (secondary N) is 3. The molecule has 1 saturated heterocycles. The smallest absolute Gasteiger partial charge is 0.101 e. The Morgan fingerprint density at radius 2 is 1.53 bits per heavy atom. The minimum absolute atomic E-state index is 0.0322. The monoisotopic (exact) mass is 814 g/mol. The summed E-state index contributed by atoms with van der Waals surface area (Å²) in [6, 6.07) is 29.6. The van der Waals surface area contributed by atoms with Gasteiger partial charge in [-0.1, -0.05) is 109 Å². The van der Waals surface area contributed by atoms with E-state index in [0.717, 1.165) is 69.1 Å². The van der Waals surface area contributed by atoms with E-state index in [1.165, 1.54) is 83.6 Å². The lowest BCUT2D eigenvalue weighted by atomic mass is 9.86. The third-order valence-electron chi connectivity index (χ3n) is 14.7.